The summed E-state index contributed by atoms with van der Waals surface area (Å²) in [6.45, 7) is 0.670. The van der Waals surface area contributed by atoms with E-state index in [4.69, 9.17) is 4.74 Å². The van der Waals surface area contributed by atoms with E-state index in [9.17, 15) is 0 Å². The fraction of sp³-hybridized carbons (Fsp3) is 0.111. The maximum absolute atomic E-state index is 6.23. The maximum atomic E-state index is 6.23. The molecule has 0 aliphatic carbocycles. The van der Waals surface area contributed by atoms with Crippen LogP contribution >= 0.6 is 7.26 Å². The Hall–Kier alpha value is -3.09. The predicted octanol–water partition coefficient (Wildman–Crippen LogP) is 4.83. The quantitative estimate of drug-likeness (QED) is 0.418. The van der Waals surface area contributed by atoms with E-state index in [1.807, 2.05) is 31.3 Å². The summed E-state index contributed by atoms with van der Waals surface area (Å²) >= 11 is 0. The monoisotopic (exact) mass is 413 g/mol. The van der Waals surface area contributed by atoms with Gasteiger partial charge in [0.2, 0.25) is 0 Å². The van der Waals surface area contributed by atoms with Crippen LogP contribution in [0.5, 0.6) is 5.75 Å². The summed E-state index contributed by atoms with van der Waals surface area (Å²) in [6.07, 6.45) is 0.971. The fourth-order valence-electron chi connectivity index (χ4n) is 4.14. The zero-order chi connectivity index (χ0) is 20.7. The third kappa shape index (κ3) is 4.25. The van der Waals surface area contributed by atoms with Crippen LogP contribution in [0.25, 0.3) is 0 Å². The SMILES string of the molecule is CNc1ccc(OCC[PH](c2ccccc2)(c2ccccc2)c2ccccc2)cc1. The van der Waals surface area contributed by atoms with E-state index in [2.05, 4.69) is 96.3 Å². The summed E-state index contributed by atoms with van der Waals surface area (Å²) in [5.41, 5.74) is 1.09. The minimum atomic E-state index is -2.23. The van der Waals surface area contributed by atoms with Crippen molar-refractivity contribution in [3.63, 3.8) is 0 Å². The number of rotatable bonds is 8. The number of nitrogens with one attached hydrogen (secondary N) is 1. The predicted molar refractivity (Wildman–Crippen MR) is 133 cm³/mol. The van der Waals surface area contributed by atoms with Gasteiger partial charge in [-0.15, -0.1) is 0 Å². The van der Waals surface area contributed by atoms with Gasteiger partial charge in [-0.2, -0.15) is 0 Å². The Morgan fingerprint density at radius 3 is 1.43 bits per heavy atom. The van der Waals surface area contributed by atoms with Gasteiger partial charge in [0.05, 0.1) is 0 Å². The molecular formula is C27H28NOP. The van der Waals surface area contributed by atoms with Crippen LogP contribution in [0.15, 0.2) is 115 Å². The average Bonchev–Trinajstić information content (AvgIpc) is 2.84. The van der Waals surface area contributed by atoms with E-state index in [1.54, 1.807) is 0 Å². The van der Waals surface area contributed by atoms with Crippen LogP contribution < -0.4 is 26.0 Å². The molecule has 0 aliphatic heterocycles. The van der Waals surface area contributed by atoms with Gasteiger partial charge in [0.15, 0.2) is 0 Å². The number of hydrogen-bond donors (Lipinski definition) is 1. The van der Waals surface area contributed by atoms with Gasteiger partial charge in [-0.1, -0.05) is 0 Å². The molecule has 1 N–H and O–H groups in total. The van der Waals surface area contributed by atoms with Gasteiger partial charge in [-0.3, -0.25) is 0 Å². The van der Waals surface area contributed by atoms with Crippen molar-refractivity contribution < 1.29 is 4.74 Å². The number of anilines is 1. The first-order valence-corrected chi connectivity index (χ1v) is 12.6. The van der Waals surface area contributed by atoms with Gasteiger partial charge in [0.25, 0.3) is 0 Å². The Bertz CT molecular complexity index is 938. The molecule has 0 bridgehead atoms. The van der Waals surface area contributed by atoms with Crippen molar-refractivity contribution in [3.8, 4) is 5.75 Å². The van der Waals surface area contributed by atoms with Crippen molar-refractivity contribution in [2.75, 3.05) is 25.1 Å². The molecule has 0 saturated heterocycles. The van der Waals surface area contributed by atoms with E-state index in [0.717, 1.165) is 17.6 Å². The second kappa shape index (κ2) is 9.61. The second-order valence-corrected chi connectivity index (χ2v) is 11.4. The molecule has 4 aromatic carbocycles. The van der Waals surface area contributed by atoms with Crippen molar-refractivity contribution in [2.24, 2.45) is 0 Å². The van der Waals surface area contributed by atoms with Crippen LogP contribution in [0.1, 0.15) is 0 Å². The fourth-order valence-corrected chi connectivity index (χ4v) is 8.70. The Morgan fingerprint density at radius 2 is 1.03 bits per heavy atom. The molecule has 4 rings (SSSR count). The molecule has 4 aromatic rings. The molecule has 0 amide bonds. The van der Waals surface area contributed by atoms with E-state index in [-0.39, 0.29) is 0 Å². The van der Waals surface area contributed by atoms with Crippen LogP contribution in [0.3, 0.4) is 0 Å². The van der Waals surface area contributed by atoms with Gasteiger partial charge in [0.1, 0.15) is 0 Å². The van der Waals surface area contributed by atoms with Crippen LogP contribution in [0.2, 0.25) is 0 Å². The molecule has 0 aromatic heterocycles. The van der Waals surface area contributed by atoms with Crippen molar-refractivity contribution in [2.45, 2.75) is 0 Å². The first-order valence-electron chi connectivity index (χ1n) is 10.4. The standard InChI is InChI=1S/C27H28NOP/c1-28-23-17-19-24(20-18-23)29-21-22-30(25-11-5-2-6-12-25,26-13-7-3-8-14-26)27-15-9-4-10-16-27/h2-20,28,30H,21-22H2,1H3. The van der Waals surface area contributed by atoms with Crippen molar-refractivity contribution in [1.82, 2.24) is 0 Å². The molecule has 152 valence electrons. The Morgan fingerprint density at radius 1 is 0.600 bits per heavy atom. The van der Waals surface area contributed by atoms with Gasteiger partial charge < -0.3 is 0 Å². The van der Waals surface area contributed by atoms with Crippen molar-refractivity contribution >= 4 is 28.9 Å². The van der Waals surface area contributed by atoms with Gasteiger partial charge in [-0.05, 0) is 0 Å². The topological polar surface area (TPSA) is 21.3 Å². The first kappa shape index (κ1) is 20.2. The second-order valence-electron chi connectivity index (χ2n) is 7.38. The van der Waals surface area contributed by atoms with Crippen molar-refractivity contribution in [3.05, 3.63) is 115 Å². The average molecular weight is 414 g/mol. The molecular weight excluding hydrogens is 385 g/mol. The van der Waals surface area contributed by atoms with Crippen LogP contribution in [0.4, 0.5) is 5.69 Å². The van der Waals surface area contributed by atoms with Gasteiger partial charge in [-0.25, -0.2) is 0 Å². The molecule has 0 spiro atoms. The normalized spacial score (nSPS) is 11.6. The molecule has 0 aliphatic rings. The number of benzene rings is 4. The molecule has 2 nitrogen and oxygen atoms in total. The van der Waals surface area contributed by atoms with Gasteiger partial charge >= 0.3 is 180 Å². The summed E-state index contributed by atoms with van der Waals surface area (Å²) in [7, 11) is -0.307. The summed E-state index contributed by atoms with van der Waals surface area (Å²) in [4.78, 5) is 0. The van der Waals surface area contributed by atoms with Crippen LogP contribution in [-0.4, -0.2) is 19.8 Å². The zero-order valence-electron chi connectivity index (χ0n) is 17.3. The molecule has 0 saturated carbocycles. The van der Waals surface area contributed by atoms with E-state index < -0.39 is 7.26 Å². The van der Waals surface area contributed by atoms with Crippen LogP contribution in [-0.2, 0) is 0 Å². The summed E-state index contributed by atoms with van der Waals surface area (Å²) in [5.74, 6) is 0.908. The molecule has 0 fully saturated rings. The molecule has 0 atom stereocenters. The third-order valence-corrected chi connectivity index (χ3v) is 10.6. The zero-order valence-corrected chi connectivity index (χ0v) is 18.3. The Balaban J connectivity index is 1.72. The molecule has 0 unspecified atom stereocenters. The molecule has 30 heavy (non-hydrogen) atoms. The number of ether oxygens (including phenoxy) is 1. The Kier molecular flexibility index (Phi) is 6.47. The Labute approximate surface area is 179 Å². The summed E-state index contributed by atoms with van der Waals surface area (Å²) in [6, 6.07) is 41.1. The van der Waals surface area contributed by atoms with Crippen molar-refractivity contribution in [1.29, 1.82) is 0 Å². The van der Waals surface area contributed by atoms with E-state index >= 15 is 0 Å². The first-order chi connectivity index (χ1) is 14.8. The van der Waals surface area contributed by atoms with Gasteiger partial charge in [0, 0.05) is 0 Å². The van der Waals surface area contributed by atoms with E-state index in [0.29, 0.717) is 6.61 Å². The molecule has 3 heteroatoms. The minimum absolute atomic E-state index is 0.670. The van der Waals surface area contributed by atoms with E-state index in [1.165, 1.54) is 15.9 Å². The number of hydrogen-bond acceptors (Lipinski definition) is 2. The third-order valence-electron chi connectivity index (χ3n) is 5.69. The molecule has 0 radical (unpaired) electrons. The molecule has 0 heterocycles. The summed E-state index contributed by atoms with van der Waals surface area (Å²) < 4.78 is 6.23. The van der Waals surface area contributed by atoms with Crippen LogP contribution in [0, 0.1) is 0 Å². The summed E-state index contributed by atoms with van der Waals surface area (Å²) in [5, 5.41) is 7.39.